The fourth-order valence-electron chi connectivity index (χ4n) is 1.61. The van der Waals surface area contributed by atoms with Crippen LogP contribution in [0.1, 0.15) is 20.8 Å². The third kappa shape index (κ3) is 2.84. The highest BCUT2D eigenvalue weighted by Gasteiger charge is 2.23. The fourth-order valence-corrected chi connectivity index (χ4v) is 4.11. The topological polar surface area (TPSA) is 3.24 Å². The van der Waals surface area contributed by atoms with Crippen molar-refractivity contribution in [1.29, 1.82) is 0 Å². The van der Waals surface area contributed by atoms with Crippen LogP contribution < -0.4 is 0 Å². The molecule has 0 fully saturated rings. The van der Waals surface area contributed by atoms with E-state index >= 15 is 0 Å². The zero-order valence-corrected chi connectivity index (χ0v) is 9.23. The minimum atomic E-state index is -1.02. The average molecular weight is 159 g/mol. The van der Waals surface area contributed by atoms with E-state index in [0.717, 1.165) is 6.04 Å². The average Bonchev–Trinajstić information content (AvgIpc) is 1.60. The molecule has 0 rings (SSSR count). The standard InChI is InChI=1S/C8H21NSi/c1-7-9(8(2)3)10(4,5)6/h8H,7H2,1-6H3. The highest BCUT2D eigenvalue weighted by Crippen LogP contribution is 2.11. The Morgan fingerprint density at radius 2 is 1.60 bits per heavy atom. The highest BCUT2D eigenvalue weighted by atomic mass is 28.3. The molecule has 0 aliphatic carbocycles. The molecule has 0 aromatic rings. The van der Waals surface area contributed by atoms with Gasteiger partial charge in [0.05, 0.1) is 0 Å². The van der Waals surface area contributed by atoms with Crippen LogP contribution in [0.5, 0.6) is 0 Å². The molecule has 62 valence electrons. The summed E-state index contributed by atoms with van der Waals surface area (Å²) in [5, 5.41) is 0. The maximum Gasteiger partial charge on any atom is 0.119 e. The predicted molar refractivity (Wildman–Crippen MR) is 50.9 cm³/mol. The third-order valence-electron chi connectivity index (χ3n) is 1.83. The van der Waals surface area contributed by atoms with E-state index in [-0.39, 0.29) is 0 Å². The lowest BCUT2D eigenvalue weighted by Gasteiger charge is -2.36. The summed E-state index contributed by atoms with van der Waals surface area (Å²) in [5.74, 6) is 0. The lowest BCUT2D eigenvalue weighted by Crippen LogP contribution is -2.49. The summed E-state index contributed by atoms with van der Waals surface area (Å²) in [6, 6.07) is 0.719. The van der Waals surface area contributed by atoms with Gasteiger partial charge in [-0.3, -0.25) is 0 Å². The van der Waals surface area contributed by atoms with E-state index in [1.165, 1.54) is 6.54 Å². The van der Waals surface area contributed by atoms with Crippen molar-refractivity contribution >= 4 is 8.24 Å². The molecule has 1 nitrogen and oxygen atoms in total. The van der Waals surface area contributed by atoms with Gasteiger partial charge in [0.15, 0.2) is 0 Å². The zero-order chi connectivity index (χ0) is 8.36. The van der Waals surface area contributed by atoms with Crippen molar-refractivity contribution in [3.05, 3.63) is 0 Å². The van der Waals surface area contributed by atoms with Crippen LogP contribution in [0.15, 0.2) is 0 Å². The summed E-state index contributed by atoms with van der Waals surface area (Å²) in [5.41, 5.74) is 0. The quantitative estimate of drug-likeness (QED) is 0.572. The molecule has 0 aromatic carbocycles. The van der Waals surface area contributed by atoms with Gasteiger partial charge in [0.1, 0.15) is 8.24 Å². The molecule has 0 saturated carbocycles. The molecular formula is C8H21NSi. The van der Waals surface area contributed by atoms with Crippen molar-refractivity contribution in [1.82, 2.24) is 4.57 Å². The molecule has 0 radical (unpaired) electrons. The summed E-state index contributed by atoms with van der Waals surface area (Å²) >= 11 is 0. The summed E-state index contributed by atoms with van der Waals surface area (Å²) in [6.45, 7) is 15.2. The van der Waals surface area contributed by atoms with Gasteiger partial charge in [-0.05, 0) is 12.6 Å². The molecule has 0 amide bonds. The Labute approximate surface area is 66.5 Å². The van der Waals surface area contributed by atoms with Crippen molar-refractivity contribution < 1.29 is 0 Å². The molecule has 0 N–H and O–H groups in total. The minimum Gasteiger partial charge on any atom is -0.322 e. The van der Waals surface area contributed by atoms with E-state index in [0.29, 0.717) is 0 Å². The van der Waals surface area contributed by atoms with Crippen LogP contribution in [-0.4, -0.2) is 25.4 Å². The van der Waals surface area contributed by atoms with Gasteiger partial charge in [0, 0.05) is 0 Å². The molecule has 0 aliphatic heterocycles. The number of nitrogens with zero attached hydrogens (tertiary/aromatic N) is 1. The van der Waals surface area contributed by atoms with Gasteiger partial charge in [0.2, 0.25) is 0 Å². The Balaban J connectivity index is 4.07. The molecule has 0 unspecified atom stereocenters. The summed E-state index contributed by atoms with van der Waals surface area (Å²) < 4.78 is 2.62. The van der Waals surface area contributed by atoms with Gasteiger partial charge in [-0.25, -0.2) is 0 Å². The molecule has 0 saturated heterocycles. The predicted octanol–water partition coefficient (Wildman–Crippen LogP) is 2.55. The van der Waals surface area contributed by atoms with E-state index in [1.54, 1.807) is 0 Å². The van der Waals surface area contributed by atoms with E-state index in [1.807, 2.05) is 0 Å². The first-order chi connectivity index (χ1) is 4.39. The van der Waals surface area contributed by atoms with Crippen LogP contribution in [0.25, 0.3) is 0 Å². The smallest absolute Gasteiger partial charge is 0.119 e. The van der Waals surface area contributed by atoms with Gasteiger partial charge in [-0.2, -0.15) is 0 Å². The summed E-state index contributed by atoms with van der Waals surface area (Å²) in [7, 11) is -1.02. The number of rotatable bonds is 3. The van der Waals surface area contributed by atoms with E-state index in [2.05, 4.69) is 45.0 Å². The fraction of sp³-hybridized carbons (Fsp3) is 1.00. The molecule has 0 aliphatic rings. The van der Waals surface area contributed by atoms with Gasteiger partial charge in [-0.1, -0.05) is 40.4 Å². The van der Waals surface area contributed by atoms with Crippen molar-refractivity contribution in [2.45, 2.75) is 46.5 Å². The maximum absolute atomic E-state index is 2.62. The maximum atomic E-state index is 2.62. The molecule has 2 heteroatoms. The van der Waals surface area contributed by atoms with Crippen molar-refractivity contribution in [3.8, 4) is 0 Å². The normalized spacial score (nSPS) is 13.2. The van der Waals surface area contributed by atoms with Gasteiger partial charge >= 0.3 is 0 Å². The molecule has 0 heterocycles. The second-order valence-corrected chi connectivity index (χ2v) is 8.97. The van der Waals surface area contributed by atoms with E-state index < -0.39 is 8.24 Å². The first kappa shape index (κ1) is 10.2. The first-order valence-electron chi connectivity index (χ1n) is 4.16. The number of hydrogen-bond donors (Lipinski definition) is 0. The van der Waals surface area contributed by atoms with Crippen molar-refractivity contribution in [2.75, 3.05) is 6.54 Å². The lowest BCUT2D eigenvalue weighted by atomic mass is 10.4. The minimum absolute atomic E-state index is 0.719. The summed E-state index contributed by atoms with van der Waals surface area (Å²) in [6.07, 6.45) is 0. The molecule has 0 spiro atoms. The van der Waals surface area contributed by atoms with E-state index in [9.17, 15) is 0 Å². The number of hydrogen-bond acceptors (Lipinski definition) is 1. The zero-order valence-electron chi connectivity index (χ0n) is 8.23. The van der Waals surface area contributed by atoms with E-state index in [4.69, 9.17) is 0 Å². The summed E-state index contributed by atoms with van der Waals surface area (Å²) in [4.78, 5) is 0. The van der Waals surface area contributed by atoms with Crippen LogP contribution in [-0.2, 0) is 0 Å². The Morgan fingerprint density at radius 1 is 1.20 bits per heavy atom. The van der Waals surface area contributed by atoms with Crippen LogP contribution in [0.2, 0.25) is 19.6 Å². The van der Waals surface area contributed by atoms with Gasteiger partial charge in [-0.15, -0.1) is 0 Å². The van der Waals surface area contributed by atoms with Gasteiger partial charge < -0.3 is 4.57 Å². The molecule has 0 bridgehead atoms. The third-order valence-corrected chi connectivity index (χ3v) is 4.38. The van der Waals surface area contributed by atoms with Gasteiger partial charge in [0.25, 0.3) is 0 Å². The molecular weight excluding hydrogens is 138 g/mol. The molecule has 0 atom stereocenters. The first-order valence-corrected chi connectivity index (χ1v) is 7.61. The van der Waals surface area contributed by atoms with Crippen molar-refractivity contribution in [3.63, 3.8) is 0 Å². The van der Waals surface area contributed by atoms with Crippen LogP contribution in [0.3, 0.4) is 0 Å². The van der Waals surface area contributed by atoms with Crippen LogP contribution in [0, 0.1) is 0 Å². The van der Waals surface area contributed by atoms with Crippen LogP contribution in [0.4, 0.5) is 0 Å². The molecule has 0 aromatic heterocycles. The Hall–Kier alpha value is 0.177. The Morgan fingerprint density at radius 3 is 1.60 bits per heavy atom. The monoisotopic (exact) mass is 159 g/mol. The Kier molecular flexibility index (Phi) is 3.60. The lowest BCUT2D eigenvalue weighted by molar-refractivity contribution is 0.371. The largest absolute Gasteiger partial charge is 0.322 e. The Bertz CT molecular complexity index is 93.9. The van der Waals surface area contributed by atoms with Crippen LogP contribution >= 0.6 is 0 Å². The second-order valence-electron chi connectivity index (χ2n) is 4.05. The second kappa shape index (κ2) is 3.53. The SMILES string of the molecule is CCN(C(C)C)[Si](C)(C)C. The highest BCUT2D eigenvalue weighted by molar-refractivity contribution is 6.73. The molecule has 10 heavy (non-hydrogen) atoms. The van der Waals surface area contributed by atoms with Crippen molar-refractivity contribution in [2.24, 2.45) is 0 Å².